The van der Waals surface area contributed by atoms with Crippen molar-refractivity contribution in [3.63, 3.8) is 0 Å². The molecular formula is C34H29ClN6O2. The van der Waals surface area contributed by atoms with Crippen LogP contribution in [0.3, 0.4) is 0 Å². The van der Waals surface area contributed by atoms with Gasteiger partial charge in [-0.2, -0.15) is 5.10 Å². The van der Waals surface area contributed by atoms with Crippen LogP contribution in [0.1, 0.15) is 35.3 Å². The van der Waals surface area contributed by atoms with E-state index in [4.69, 9.17) is 31.4 Å². The quantitative estimate of drug-likeness (QED) is 0.217. The first-order chi connectivity index (χ1) is 20.9. The lowest BCUT2D eigenvalue weighted by atomic mass is 9.93. The van der Waals surface area contributed by atoms with Gasteiger partial charge < -0.3 is 20.1 Å². The lowest BCUT2D eigenvalue weighted by Crippen LogP contribution is -2.46. The summed E-state index contributed by atoms with van der Waals surface area (Å²) in [5.74, 6) is 2.44. The third kappa shape index (κ3) is 4.60. The number of aryl methyl sites for hydroxylation is 2. The third-order valence-corrected chi connectivity index (χ3v) is 8.08. The van der Waals surface area contributed by atoms with Gasteiger partial charge in [-0.1, -0.05) is 54.1 Å². The lowest BCUT2D eigenvalue weighted by molar-refractivity contribution is 0.317. The maximum atomic E-state index is 10.6. The minimum absolute atomic E-state index is 0.0893. The Hall–Kier alpha value is -5.08. The molecule has 9 heteroatoms. The number of phenolic OH excluding ortho intramolecular Hbond substituents is 1. The van der Waals surface area contributed by atoms with Crippen molar-refractivity contribution in [3.05, 3.63) is 118 Å². The number of nitrogens with one attached hydrogen (secondary N) is 1. The fourth-order valence-corrected chi connectivity index (χ4v) is 5.82. The summed E-state index contributed by atoms with van der Waals surface area (Å²) in [6.07, 6.45) is 0. The van der Waals surface area contributed by atoms with E-state index >= 15 is 0 Å². The molecule has 0 radical (unpaired) electrons. The average Bonchev–Trinajstić information content (AvgIpc) is 3.35. The van der Waals surface area contributed by atoms with Crippen molar-refractivity contribution in [1.82, 2.24) is 9.78 Å². The normalized spacial score (nSPS) is 15.2. The summed E-state index contributed by atoms with van der Waals surface area (Å²) in [6.45, 7) is 6.31. The summed E-state index contributed by atoms with van der Waals surface area (Å²) in [6, 6.07) is 29.0. The van der Waals surface area contributed by atoms with E-state index in [1.165, 1.54) is 0 Å². The van der Waals surface area contributed by atoms with Gasteiger partial charge in [0.1, 0.15) is 0 Å². The number of anilines is 2. The molecular weight excluding hydrogens is 560 g/mol. The molecule has 0 amide bonds. The Morgan fingerprint density at radius 2 is 1.72 bits per heavy atom. The van der Waals surface area contributed by atoms with Crippen LogP contribution in [-0.2, 0) is 0 Å². The molecule has 0 fully saturated rings. The van der Waals surface area contributed by atoms with E-state index in [2.05, 4.69) is 10.2 Å². The Morgan fingerprint density at radius 1 is 0.930 bits per heavy atom. The SMILES string of the molecule is CCOc1cc([C@H]2c3c(C)nn(-c4ccccc4)c3N=C3C(Nc4ccc(C)c(Cl)c4)=Nc4ccccc4N32)ccc1O. The molecule has 7 rings (SSSR count). The van der Waals surface area contributed by atoms with Crippen LogP contribution in [0.25, 0.3) is 5.69 Å². The van der Waals surface area contributed by atoms with Crippen LogP contribution in [0.4, 0.5) is 22.9 Å². The zero-order valence-corrected chi connectivity index (χ0v) is 24.7. The van der Waals surface area contributed by atoms with Crippen molar-refractivity contribution in [2.75, 3.05) is 16.8 Å². The second-order valence-corrected chi connectivity index (χ2v) is 10.9. The number of halogens is 1. The monoisotopic (exact) mass is 588 g/mol. The summed E-state index contributed by atoms with van der Waals surface area (Å²) in [5, 5.41) is 19.7. The molecule has 8 nitrogen and oxygen atoms in total. The number of rotatable bonds is 5. The van der Waals surface area contributed by atoms with E-state index in [0.29, 0.717) is 34.9 Å². The highest BCUT2D eigenvalue weighted by molar-refractivity contribution is 6.51. The van der Waals surface area contributed by atoms with Gasteiger partial charge in [0.2, 0.25) is 0 Å². The van der Waals surface area contributed by atoms with Crippen LogP contribution >= 0.6 is 11.6 Å². The molecule has 0 bridgehead atoms. The number of amidine groups is 2. The predicted molar refractivity (Wildman–Crippen MR) is 172 cm³/mol. The fourth-order valence-electron chi connectivity index (χ4n) is 5.64. The van der Waals surface area contributed by atoms with E-state index in [-0.39, 0.29) is 11.8 Å². The lowest BCUT2D eigenvalue weighted by Gasteiger charge is -2.40. The number of aromatic hydroxyl groups is 1. The molecule has 2 N–H and O–H groups in total. The van der Waals surface area contributed by atoms with Crippen molar-refractivity contribution in [2.45, 2.75) is 26.8 Å². The van der Waals surface area contributed by atoms with Gasteiger partial charge in [-0.05, 0) is 80.4 Å². The standard InChI is InChI=1S/C34H29ClN6O2/c1-4-43-29-18-22(15-17-28(29)42)31-30-21(3)39-41(24-10-6-5-7-11-24)33(30)38-34-32(36-23-16-14-20(2)25(35)19-23)37-26-12-8-9-13-27(26)40(31)34/h5-19,31,42H,4H2,1-3H3,(H,36,37)/t31-/m0/s1. The maximum absolute atomic E-state index is 10.6. The summed E-state index contributed by atoms with van der Waals surface area (Å²) in [4.78, 5) is 12.5. The molecule has 3 heterocycles. The second kappa shape index (κ2) is 10.6. The zero-order valence-electron chi connectivity index (χ0n) is 23.9. The first-order valence-corrected chi connectivity index (χ1v) is 14.5. The molecule has 4 aromatic carbocycles. The van der Waals surface area contributed by atoms with Crippen LogP contribution in [0, 0.1) is 13.8 Å². The number of para-hydroxylation sites is 3. The van der Waals surface area contributed by atoms with Crippen molar-refractivity contribution in [1.29, 1.82) is 0 Å². The highest BCUT2D eigenvalue weighted by Crippen LogP contribution is 2.49. The highest BCUT2D eigenvalue weighted by atomic mass is 35.5. The summed E-state index contributed by atoms with van der Waals surface area (Å²) in [7, 11) is 0. The van der Waals surface area contributed by atoms with E-state index in [9.17, 15) is 5.11 Å². The van der Waals surface area contributed by atoms with E-state index in [0.717, 1.165) is 45.1 Å². The van der Waals surface area contributed by atoms with Crippen molar-refractivity contribution in [2.24, 2.45) is 9.98 Å². The Kier molecular flexibility index (Phi) is 6.63. The average molecular weight is 589 g/mol. The van der Waals surface area contributed by atoms with Crippen molar-refractivity contribution < 1.29 is 9.84 Å². The molecule has 0 saturated heterocycles. The molecule has 214 valence electrons. The van der Waals surface area contributed by atoms with Gasteiger partial charge in [0, 0.05) is 16.3 Å². The molecule has 5 aromatic rings. The molecule has 0 saturated carbocycles. The minimum atomic E-state index is -0.352. The first-order valence-electron chi connectivity index (χ1n) is 14.1. The summed E-state index contributed by atoms with van der Waals surface area (Å²) >= 11 is 6.50. The minimum Gasteiger partial charge on any atom is -0.504 e. The zero-order chi connectivity index (χ0) is 29.7. The van der Waals surface area contributed by atoms with Gasteiger partial charge in [-0.15, -0.1) is 0 Å². The van der Waals surface area contributed by atoms with Crippen LogP contribution in [0.5, 0.6) is 11.5 Å². The van der Waals surface area contributed by atoms with E-state index in [1.54, 1.807) is 6.07 Å². The Balaban J connectivity index is 1.49. The Morgan fingerprint density at radius 3 is 2.51 bits per heavy atom. The van der Waals surface area contributed by atoms with Crippen molar-refractivity contribution in [3.8, 4) is 17.2 Å². The molecule has 2 aliphatic heterocycles. The van der Waals surface area contributed by atoms with E-state index < -0.39 is 0 Å². The molecule has 1 aromatic heterocycles. The summed E-state index contributed by atoms with van der Waals surface area (Å²) in [5.41, 5.74) is 7.11. The van der Waals surface area contributed by atoms with Gasteiger partial charge in [-0.25, -0.2) is 14.7 Å². The van der Waals surface area contributed by atoms with Crippen LogP contribution in [-0.4, -0.2) is 33.2 Å². The second-order valence-electron chi connectivity index (χ2n) is 10.5. The van der Waals surface area contributed by atoms with E-state index in [1.807, 2.05) is 110 Å². The number of phenols is 1. The largest absolute Gasteiger partial charge is 0.504 e. The smallest absolute Gasteiger partial charge is 0.179 e. The number of aromatic nitrogens is 2. The molecule has 0 unspecified atom stereocenters. The van der Waals surface area contributed by atoms with Gasteiger partial charge in [0.25, 0.3) is 0 Å². The van der Waals surface area contributed by atoms with Crippen LogP contribution in [0.2, 0.25) is 5.02 Å². The topological polar surface area (TPSA) is 87.3 Å². The fraction of sp³-hybridized carbons (Fsp3) is 0.147. The maximum Gasteiger partial charge on any atom is 0.179 e. The molecule has 0 aliphatic carbocycles. The predicted octanol–water partition coefficient (Wildman–Crippen LogP) is 8.04. The Bertz CT molecular complexity index is 1930. The molecule has 2 aliphatic rings. The highest BCUT2D eigenvalue weighted by Gasteiger charge is 2.41. The first kappa shape index (κ1) is 26.8. The number of hydrogen-bond acceptors (Lipinski definition) is 7. The summed E-state index contributed by atoms with van der Waals surface area (Å²) < 4.78 is 7.70. The number of nitrogens with zero attached hydrogens (tertiary/aromatic N) is 5. The third-order valence-electron chi connectivity index (χ3n) is 7.67. The Labute approximate surface area is 254 Å². The number of fused-ring (bicyclic) bond motifs is 4. The number of ether oxygens (including phenoxy) is 1. The molecule has 43 heavy (non-hydrogen) atoms. The number of aliphatic imine (C=N–C) groups is 2. The van der Waals surface area contributed by atoms with Gasteiger partial charge in [0.05, 0.1) is 35.4 Å². The number of benzene rings is 4. The van der Waals surface area contributed by atoms with Gasteiger partial charge in [0.15, 0.2) is 29.0 Å². The van der Waals surface area contributed by atoms with Crippen molar-refractivity contribution >= 4 is 46.2 Å². The molecule has 0 spiro atoms. The van der Waals surface area contributed by atoms with Crippen LogP contribution < -0.4 is 15.0 Å². The van der Waals surface area contributed by atoms with Gasteiger partial charge >= 0.3 is 0 Å². The number of hydrogen-bond donors (Lipinski definition) is 2. The van der Waals surface area contributed by atoms with Gasteiger partial charge in [-0.3, -0.25) is 0 Å². The molecule has 1 atom stereocenters. The van der Waals surface area contributed by atoms with Crippen LogP contribution in [0.15, 0.2) is 101 Å².